The molecule has 0 amide bonds. The van der Waals surface area contributed by atoms with Crippen LogP contribution in [-0.4, -0.2) is 12.8 Å². The van der Waals surface area contributed by atoms with Crippen molar-refractivity contribution in [2.45, 2.75) is 12.8 Å². The number of hydrogen-bond donors (Lipinski definition) is 1. The van der Waals surface area contributed by atoms with Crippen molar-refractivity contribution < 1.29 is 13.6 Å². The summed E-state index contributed by atoms with van der Waals surface area (Å²) in [6.45, 7) is 2.03. The molecule has 4 heteroatoms. The molecule has 0 spiro atoms. The van der Waals surface area contributed by atoms with Gasteiger partial charge in [0.25, 0.3) is 0 Å². The number of halogens is 2. The van der Waals surface area contributed by atoms with Crippen molar-refractivity contribution in [3.8, 4) is 0 Å². The average molecular weight is 199 g/mol. The van der Waals surface area contributed by atoms with Gasteiger partial charge in [0, 0.05) is 5.56 Å². The van der Waals surface area contributed by atoms with E-state index in [4.69, 9.17) is 5.73 Å². The molecular weight excluding hydrogens is 188 g/mol. The van der Waals surface area contributed by atoms with Crippen LogP contribution in [0.1, 0.15) is 28.8 Å². The zero-order valence-corrected chi connectivity index (χ0v) is 7.76. The van der Waals surface area contributed by atoms with Crippen LogP contribution >= 0.6 is 0 Å². The van der Waals surface area contributed by atoms with Gasteiger partial charge in [-0.2, -0.15) is 0 Å². The maximum Gasteiger partial charge on any atom is 0.159 e. The van der Waals surface area contributed by atoms with Crippen molar-refractivity contribution in [2.75, 3.05) is 6.54 Å². The highest BCUT2D eigenvalue weighted by Crippen LogP contribution is 2.21. The fourth-order valence-electron chi connectivity index (χ4n) is 1.23. The monoisotopic (exact) mass is 199 g/mol. The lowest BCUT2D eigenvalue weighted by Gasteiger charge is -2.11. The third-order valence-electron chi connectivity index (χ3n) is 2.14. The summed E-state index contributed by atoms with van der Waals surface area (Å²) in [6.07, 6.45) is 0.504. The Hall–Kier alpha value is -1.29. The van der Waals surface area contributed by atoms with Gasteiger partial charge >= 0.3 is 0 Å². The molecule has 1 aromatic rings. The SMILES string of the molecule is CC(CN)c1cc(F)c(F)cc1C=O. The molecule has 0 aromatic heterocycles. The quantitative estimate of drug-likeness (QED) is 0.755. The summed E-state index contributed by atoms with van der Waals surface area (Å²) in [6, 6.07) is 1.92. The molecule has 0 aliphatic heterocycles. The summed E-state index contributed by atoms with van der Waals surface area (Å²) in [4.78, 5) is 10.6. The van der Waals surface area contributed by atoms with Crippen LogP contribution in [0.15, 0.2) is 12.1 Å². The fraction of sp³-hybridized carbons (Fsp3) is 0.300. The average Bonchev–Trinajstić information content (AvgIpc) is 2.20. The summed E-state index contributed by atoms with van der Waals surface area (Å²) in [5.41, 5.74) is 5.98. The Morgan fingerprint density at radius 1 is 1.43 bits per heavy atom. The van der Waals surface area contributed by atoms with E-state index in [2.05, 4.69) is 0 Å². The minimum absolute atomic E-state index is 0.154. The second-order valence-corrected chi connectivity index (χ2v) is 3.15. The molecule has 76 valence electrons. The van der Waals surface area contributed by atoms with Gasteiger partial charge in [-0.3, -0.25) is 4.79 Å². The Kier molecular flexibility index (Phi) is 3.30. The highest BCUT2D eigenvalue weighted by molar-refractivity contribution is 5.77. The molecule has 0 heterocycles. The summed E-state index contributed by atoms with van der Waals surface area (Å²) < 4.78 is 25.6. The summed E-state index contributed by atoms with van der Waals surface area (Å²) in [7, 11) is 0. The maximum absolute atomic E-state index is 12.9. The first kappa shape index (κ1) is 10.8. The molecule has 1 aromatic carbocycles. The Bertz CT molecular complexity index is 352. The van der Waals surface area contributed by atoms with E-state index < -0.39 is 11.6 Å². The molecule has 0 saturated heterocycles. The highest BCUT2D eigenvalue weighted by Gasteiger charge is 2.13. The fourth-order valence-corrected chi connectivity index (χ4v) is 1.23. The van der Waals surface area contributed by atoms with Crippen molar-refractivity contribution in [3.05, 3.63) is 34.9 Å². The summed E-state index contributed by atoms with van der Waals surface area (Å²) in [5.74, 6) is -2.13. The maximum atomic E-state index is 12.9. The highest BCUT2D eigenvalue weighted by atomic mass is 19.2. The molecule has 1 unspecified atom stereocenters. The standard InChI is InChI=1S/C10H11F2NO/c1-6(4-13)8-3-10(12)9(11)2-7(8)5-14/h2-3,5-6H,4,13H2,1H3. The summed E-state index contributed by atoms with van der Waals surface area (Å²) in [5, 5.41) is 0. The minimum Gasteiger partial charge on any atom is -0.330 e. The normalized spacial score (nSPS) is 12.6. The zero-order chi connectivity index (χ0) is 10.7. The van der Waals surface area contributed by atoms with Crippen molar-refractivity contribution in [1.82, 2.24) is 0 Å². The Morgan fingerprint density at radius 2 is 2.00 bits per heavy atom. The first-order valence-corrected chi connectivity index (χ1v) is 4.24. The van der Waals surface area contributed by atoms with Crippen molar-refractivity contribution >= 4 is 6.29 Å². The predicted molar refractivity (Wildman–Crippen MR) is 49.2 cm³/mol. The van der Waals surface area contributed by atoms with Gasteiger partial charge in [0.1, 0.15) is 6.29 Å². The molecule has 0 saturated carbocycles. The third kappa shape index (κ3) is 1.96. The lowest BCUT2D eigenvalue weighted by atomic mass is 9.96. The number of rotatable bonds is 3. The molecule has 1 atom stereocenters. The number of benzene rings is 1. The Balaban J connectivity index is 3.26. The number of aldehydes is 1. The Labute approximate surface area is 80.7 Å². The van der Waals surface area contributed by atoms with Gasteiger partial charge in [0.05, 0.1) is 0 Å². The third-order valence-corrected chi connectivity index (χ3v) is 2.14. The van der Waals surface area contributed by atoms with Crippen LogP contribution in [0, 0.1) is 11.6 Å². The topological polar surface area (TPSA) is 43.1 Å². The number of carbonyl (C=O) groups excluding carboxylic acids is 1. The predicted octanol–water partition coefficient (Wildman–Crippen LogP) is 1.84. The number of hydrogen-bond acceptors (Lipinski definition) is 2. The van der Waals surface area contributed by atoms with Gasteiger partial charge in [-0.05, 0) is 30.2 Å². The van der Waals surface area contributed by atoms with E-state index in [1.54, 1.807) is 6.92 Å². The molecular formula is C10H11F2NO. The van der Waals surface area contributed by atoms with Gasteiger partial charge in [0.15, 0.2) is 11.6 Å². The van der Waals surface area contributed by atoms with Crippen molar-refractivity contribution in [1.29, 1.82) is 0 Å². The van der Waals surface area contributed by atoms with E-state index in [-0.39, 0.29) is 18.0 Å². The molecule has 0 aliphatic rings. The number of carbonyl (C=O) groups is 1. The van der Waals surface area contributed by atoms with E-state index in [9.17, 15) is 13.6 Å². The molecule has 0 bridgehead atoms. The van der Waals surface area contributed by atoms with Crippen molar-refractivity contribution in [2.24, 2.45) is 5.73 Å². The largest absolute Gasteiger partial charge is 0.330 e. The van der Waals surface area contributed by atoms with Gasteiger partial charge in [-0.15, -0.1) is 0 Å². The molecule has 2 N–H and O–H groups in total. The van der Waals surface area contributed by atoms with Crippen LogP contribution in [0.2, 0.25) is 0 Å². The van der Waals surface area contributed by atoms with Crippen LogP contribution in [0.4, 0.5) is 8.78 Å². The number of nitrogens with two attached hydrogens (primary N) is 1. The minimum atomic E-state index is -1.01. The van der Waals surface area contributed by atoms with Crippen molar-refractivity contribution in [3.63, 3.8) is 0 Å². The molecule has 2 nitrogen and oxygen atoms in total. The molecule has 0 fully saturated rings. The van der Waals surface area contributed by atoms with Crippen LogP contribution in [0.3, 0.4) is 0 Å². The van der Waals surface area contributed by atoms with Gasteiger partial charge in [0.2, 0.25) is 0 Å². The van der Waals surface area contributed by atoms with E-state index in [1.807, 2.05) is 0 Å². The van der Waals surface area contributed by atoms with Crippen LogP contribution in [0.5, 0.6) is 0 Å². The molecule has 14 heavy (non-hydrogen) atoms. The van der Waals surface area contributed by atoms with Gasteiger partial charge < -0.3 is 5.73 Å². The second-order valence-electron chi connectivity index (χ2n) is 3.15. The molecule has 0 aliphatic carbocycles. The second kappa shape index (κ2) is 4.28. The lowest BCUT2D eigenvalue weighted by Crippen LogP contribution is -2.11. The van der Waals surface area contributed by atoms with E-state index in [0.29, 0.717) is 11.8 Å². The zero-order valence-electron chi connectivity index (χ0n) is 7.76. The summed E-state index contributed by atoms with van der Waals surface area (Å²) >= 11 is 0. The van der Waals surface area contributed by atoms with Gasteiger partial charge in [-0.1, -0.05) is 6.92 Å². The Morgan fingerprint density at radius 3 is 2.50 bits per heavy atom. The van der Waals surface area contributed by atoms with Crippen LogP contribution in [0.25, 0.3) is 0 Å². The smallest absolute Gasteiger partial charge is 0.159 e. The van der Waals surface area contributed by atoms with Crippen LogP contribution in [-0.2, 0) is 0 Å². The first-order valence-electron chi connectivity index (χ1n) is 4.24. The van der Waals surface area contributed by atoms with E-state index >= 15 is 0 Å². The van der Waals surface area contributed by atoms with Gasteiger partial charge in [-0.25, -0.2) is 8.78 Å². The van der Waals surface area contributed by atoms with E-state index in [0.717, 1.165) is 12.1 Å². The van der Waals surface area contributed by atoms with Crippen LogP contribution < -0.4 is 5.73 Å². The lowest BCUT2D eigenvalue weighted by molar-refractivity contribution is 0.112. The first-order chi connectivity index (χ1) is 6.60. The molecule has 0 radical (unpaired) electrons. The van der Waals surface area contributed by atoms with E-state index in [1.165, 1.54) is 0 Å². The molecule has 1 rings (SSSR count).